The van der Waals surface area contributed by atoms with Crippen LogP contribution in [0.2, 0.25) is 0 Å². The minimum atomic E-state index is -0.599. The number of aliphatic hydroxyl groups is 1. The van der Waals surface area contributed by atoms with Gasteiger partial charge < -0.3 is 10.0 Å². The van der Waals surface area contributed by atoms with Gasteiger partial charge in [-0.3, -0.25) is 0 Å². The van der Waals surface area contributed by atoms with E-state index in [0.717, 1.165) is 31.8 Å². The minimum absolute atomic E-state index is 0.555. The third kappa shape index (κ3) is 2.79. The highest BCUT2D eigenvalue weighted by Gasteiger charge is 2.16. The van der Waals surface area contributed by atoms with Crippen LogP contribution >= 0.6 is 15.9 Å². The van der Waals surface area contributed by atoms with Crippen molar-refractivity contribution >= 4 is 37.6 Å². The van der Waals surface area contributed by atoms with Crippen LogP contribution < -0.4 is 0 Å². The SMILES string of the molecule is CN(C)C[C@H](O)c1nc2ccc(Br)cc2c2ccccc12. The standard InChI is InChI=1S/C17H17BrN2O/c1-20(2)10-16(21)17-13-6-4-3-5-12(13)14-9-11(18)7-8-15(14)19-17/h3-9,16,21H,10H2,1-2H3/t16-/m0/s1. The van der Waals surface area contributed by atoms with Crippen molar-refractivity contribution in [1.82, 2.24) is 9.88 Å². The lowest BCUT2D eigenvalue weighted by Gasteiger charge is -2.18. The first-order valence-corrected chi connectivity index (χ1v) is 7.66. The van der Waals surface area contributed by atoms with E-state index in [1.54, 1.807) is 0 Å². The summed E-state index contributed by atoms with van der Waals surface area (Å²) in [7, 11) is 3.90. The monoisotopic (exact) mass is 344 g/mol. The lowest BCUT2D eigenvalue weighted by Crippen LogP contribution is -2.21. The van der Waals surface area contributed by atoms with Gasteiger partial charge in [0.05, 0.1) is 11.2 Å². The Kier molecular flexibility index (Phi) is 3.93. The molecule has 3 aromatic rings. The van der Waals surface area contributed by atoms with E-state index in [0.29, 0.717) is 6.54 Å². The molecule has 0 amide bonds. The summed E-state index contributed by atoms with van der Waals surface area (Å²) >= 11 is 3.51. The van der Waals surface area contributed by atoms with Crippen molar-refractivity contribution in [2.45, 2.75) is 6.10 Å². The zero-order valence-electron chi connectivity index (χ0n) is 12.0. The fraction of sp³-hybridized carbons (Fsp3) is 0.235. The molecule has 0 aliphatic rings. The molecule has 1 heterocycles. The van der Waals surface area contributed by atoms with E-state index in [9.17, 15) is 5.11 Å². The largest absolute Gasteiger partial charge is 0.385 e. The normalized spacial score (nSPS) is 13.2. The highest BCUT2D eigenvalue weighted by molar-refractivity contribution is 9.10. The highest BCUT2D eigenvalue weighted by Crippen LogP contribution is 2.31. The zero-order valence-corrected chi connectivity index (χ0v) is 13.6. The Morgan fingerprint density at radius 2 is 1.81 bits per heavy atom. The predicted octanol–water partition coefficient (Wildman–Crippen LogP) is 3.75. The van der Waals surface area contributed by atoms with Crippen molar-refractivity contribution in [2.75, 3.05) is 20.6 Å². The highest BCUT2D eigenvalue weighted by atomic mass is 79.9. The summed E-state index contributed by atoms with van der Waals surface area (Å²) in [6.07, 6.45) is -0.599. The second-order valence-electron chi connectivity index (χ2n) is 5.48. The van der Waals surface area contributed by atoms with Crippen molar-refractivity contribution in [3.05, 3.63) is 52.6 Å². The number of rotatable bonds is 3. The topological polar surface area (TPSA) is 36.4 Å². The molecule has 0 aliphatic heterocycles. The van der Waals surface area contributed by atoms with E-state index in [1.807, 2.05) is 49.3 Å². The van der Waals surface area contributed by atoms with Gasteiger partial charge in [-0.05, 0) is 37.7 Å². The number of fused-ring (bicyclic) bond motifs is 3. The third-order valence-electron chi connectivity index (χ3n) is 3.55. The van der Waals surface area contributed by atoms with Gasteiger partial charge in [-0.2, -0.15) is 0 Å². The number of halogens is 1. The van der Waals surface area contributed by atoms with Crippen LogP contribution in [0.1, 0.15) is 11.8 Å². The Morgan fingerprint density at radius 3 is 2.52 bits per heavy atom. The summed E-state index contributed by atoms with van der Waals surface area (Å²) in [5.74, 6) is 0. The Hall–Kier alpha value is -1.49. The molecular weight excluding hydrogens is 328 g/mol. The molecule has 0 fully saturated rings. The average molecular weight is 345 g/mol. The molecule has 0 radical (unpaired) electrons. The molecule has 0 saturated carbocycles. The molecule has 1 aromatic heterocycles. The quantitative estimate of drug-likeness (QED) is 0.735. The fourth-order valence-corrected chi connectivity index (χ4v) is 3.00. The zero-order chi connectivity index (χ0) is 15.0. The first-order chi connectivity index (χ1) is 10.1. The molecule has 0 spiro atoms. The number of hydrogen-bond donors (Lipinski definition) is 1. The Labute approximate surface area is 132 Å². The van der Waals surface area contributed by atoms with E-state index in [-0.39, 0.29) is 0 Å². The maximum atomic E-state index is 10.5. The Bertz CT molecular complexity index is 801. The Morgan fingerprint density at radius 1 is 1.10 bits per heavy atom. The van der Waals surface area contributed by atoms with Crippen LogP contribution in [0.5, 0.6) is 0 Å². The first-order valence-electron chi connectivity index (χ1n) is 6.87. The van der Waals surface area contributed by atoms with Crippen LogP contribution in [-0.4, -0.2) is 35.6 Å². The van der Waals surface area contributed by atoms with Crippen molar-refractivity contribution in [3.63, 3.8) is 0 Å². The van der Waals surface area contributed by atoms with Crippen molar-refractivity contribution in [1.29, 1.82) is 0 Å². The van der Waals surface area contributed by atoms with Gasteiger partial charge in [-0.15, -0.1) is 0 Å². The fourth-order valence-electron chi connectivity index (χ4n) is 2.64. The summed E-state index contributed by atoms with van der Waals surface area (Å²) in [4.78, 5) is 6.67. The molecular formula is C17H17BrN2O. The average Bonchev–Trinajstić information content (AvgIpc) is 2.46. The summed E-state index contributed by atoms with van der Waals surface area (Å²) in [6, 6.07) is 14.1. The summed E-state index contributed by atoms with van der Waals surface area (Å²) in [5, 5.41) is 13.7. The van der Waals surface area contributed by atoms with Crippen LogP contribution in [0.4, 0.5) is 0 Å². The lowest BCUT2D eigenvalue weighted by molar-refractivity contribution is 0.136. The smallest absolute Gasteiger partial charge is 0.109 e. The Balaban J connectivity index is 2.30. The van der Waals surface area contributed by atoms with Crippen LogP contribution in [0.15, 0.2) is 46.9 Å². The van der Waals surface area contributed by atoms with Gasteiger partial charge in [0.15, 0.2) is 0 Å². The molecule has 3 nitrogen and oxygen atoms in total. The second kappa shape index (κ2) is 5.72. The molecule has 0 saturated heterocycles. The molecule has 108 valence electrons. The van der Waals surface area contributed by atoms with E-state index < -0.39 is 6.10 Å². The van der Waals surface area contributed by atoms with E-state index in [1.165, 1.54) is 0 Å². The van der Waals surface area contributed by atoms with E-state index in [2.05, 4.69) is 28.1 Å². The molecule has 3 rings (SSSR count). The maximum absolute atomic E-state index is 10.5. The van der Waals surface area contributed by atoms with Crippen molar-refractivity contribution < 1.29 is 5.11 Å². The first kappa shape index (κ1) is 14.4. The van der Waals surface area contributed by atoms with Crippen LogP contribution in [0.25, 0.3) is 21.7 Å². The van der Waals surface area contributed by atoms with Crippen LogP contribution in [-0.2, 0) is 0 Å². The third-order valence-corrected chi connectivity index (χ3v) is 4.04. The summed E-state index contributed by atoms with van der Waals surface area (Å²) < 4.78 is 1.03. The summed E-state index contributed by atoms with van der Waals surface area (Å²) in [6.45, 7) is 0.555. The number of likely N-dealkylation sites (N-methyl/N-ethyl adjacent to an activating group) is 1. The van der Waals surface area contributed by atoms with Gasteiger partial charge in [-0.1, -0.05) is 40.2 Å². The number of aliphatic hydroxyl groups excluding tert-OH is 1. The second-order valence-corrected chi connectivity index (χ2v) is 6.40. The van der Waals surface area contributed by atoms with E-state index >= 15 is 0 Å². The number of pyridine rings is 1. The molecule has 0 bridgehead atoms. The van der Waals surface area contributed by atoms with Crippen LogP contribution in [0.3, 0.4) is 0 Å². The molecule has 4 heteroatoms. The van der Waals surface area contributed by atoms with Gasteiger partial charge in [0, 0.05) is 21.8 Å². The van der Waals surface area contributed by atoms with Crippen molar-refractivity contribution in [2.24, 2.45) is 0 Å². The predicted molar refractivity (Wildman–Crippen MR) is 90.5 cm³/mol. The molecule has 1 atom stereocenters. The lowest BCUT2D eigenvalue weighted by atomic mass is 10.0. The van der Waals surface area contributed by atoms with Gasteiger partial charge in [0.1, 0.15) is 6.10 Å². The van der Waals surface area contributed by atoms with Crippen LogP contribution in [0, 0.1) is 0 Å². The van der Waals surface area contributed by atoms with Gasteiger partial charge in [0.25, 0.3) is 0 Å². The molecule has 0 aliphatic carbocycles. The van der Waals surface area contributed by atoms with Gasteiger partial charge in [-0.25, -0.2) is 4.98 Å². The van der Waals surface area contributed by atoms with E-state index in [4.69, 9.17) is 4.98 Å². The minimum Gasteiger partial charge on any atom is -0.385 e. The number of nitrogens with zero attached hydrogens (tertiary/aromatic N) is 2. The number of aromatic nitrogens is 1. The molecule has 21 heavy (non-hydrogen) atoms. The van der Waals surface area contributed by atoms with Crippen molar-refractivity contribution in [3.8, 4) is 0 Å². The number of benzene rings is 2. The van der Waals surface area contributed by atoms with Gasteiger partial charge >= 0.3 is 0 Å². The molecule has 2 aromatic carbocycles. The maximum Gasteiger partial charge on any atom is 0.109 e. The molecule has 1 N–H and O–H groups in total. The van der Waals surface area contributed by atoms with Gasteiger partial charge in [0.2, 0.25) is 0 Å². The molecule has 0 unspecified atom stereocenters. The number of hydrogen-bond acceptors (Lipinski definition) is 3. The summed E-state index contributed by atoms with van der Waals surface area (Å²) in [5.41, 5.74) is 1.65.